The van der Waals surface area contributed by atoms with Crippen molar-refractivity contribution < 1.29 is 18.8 Å². The lowest BCUT2D eigenvalue weighted by molar-refractivity contribution is -0.115. The fraction of sp³-hybridized carbons (Fsp3) is 0.118. The highest BCUT2D eigenvalue weighted by Crippen LogP contribution is 2.25. The van der Waals surface area contributed by atoms with Crippen molar-refractivity contribution >= 4 is 28.9 Å². The molecule has 1 aromatic carbocycles. The Labute approximate surface area is 142 Å². The van der Waals surface area contributed by atoms with Gasteiger partial charge in [-0.05, 0) is 35.7 Å². The van der Waals surface area contributed by atoms with E-state index in [2.05, 4.69) is 15.2 Å². The van der Waals surface area contributed by atoms with Crippen molar-refractivity contribution in [2.45, 2.75) is 6.42 Å². The molecule has 24 heavy (non-hydrogen) atoms. The second kappa shape index (κ2) is 7.10. The summed E-state index contributed by atoms with van der Waals surface area (Å²) >= 11 is 1.54. The standard InChI is InChI=1S/C17H14N2O4S/c1-22-17(21)11-4-6-12(7-5-11)18-16(20)10-13-9-14(23-19-13)15-3-2-8-24-15/h2-9H,10H2,1H3,(H,18,20). The van der Waals surface area contributed by atoms with Gasteiger partial charge in [0.2, 0.25) is 5.91 Å². The Bertz CT molecular complexity index is 838. The van der Waals surface area contributed by atoms with Gasteiger partial charge < -0.3 is 14.6 Å². The molecule has 0 bridgehead atoms. The fourth-order valence-electron chi connectivity index (χ4n) is 2.11. The van der Waals surface area contributed by atoms with Crippen LogP contribution in [0.25, 0.3) is 10.6 Å². The van der Waals surface area contributed by atoms with Gasteiger partial charge in [-0.3, -0.25) is 4.79 Å². The largest absolute Gasteiger partial charge is 0.465 e. The van der Waals surface area contributed by atoms with Crippen molar-refractivity contribution in [2.75, 3.05) is 12.4 Å². The minimum Gasteiger partial charge on any atom is -0.465 e. The highest BCUT2D eigenvalue weighted by molar-refractivity contribution is 7.13. The van der Waals surface area contributed by atoms with E-state index in [-0.39, 0.29) is 12.3 Å². The topological polar surface area (TPSA) is 81.4 Å². The van der Waals surface area contributed by atoms with E-state index in [0.717, 1.165) is 4.88 Å². The van der Waals surface area contributed by atoms with Crippen LogP contribution in [-0.2, 0) is 16.0 Å². The Morgan fingerprint density at radius 3 is 2.71 bits per heavy atom. The molecule has 0 saturated heterocycles. The molecule has 0 fully saturated rings. The molecule has 1 N–H and O–H groups in total. The molecule has 2 heterocycles. The predicted octanol–water partition coefficient (Wildman–Crippen LogP) is 3.37. The third-order valence-corrected chi connectivity index (χ3v) is 4.14. The van der Waals surface area contributed by atoms with Crippen molar-refractivity contribution in [3.8, 4) is 10.6 Å². The summed E-state index contributed by atoms with van der Waals surface area (Å²) in [7, 11) is 1.32. The molecule has 0 aliphatic heterocycles. The average Bonchev–Trinajstić information content (AvgIpc) is 3.26. The molecule has 2 aromatic heterocycles. The lowest BCUT2D eigenvalue weighted by atomic mass is 10.2. The van der Waals surface area contributed by atoms with E-state index < -0.39 is 5.97 Å². The molecule has 3 aromatic rings. The van der Waals surface area contributed by atoms with E-state index in [4.69, 9.17) is 4.52 Å². The van der Waals surface area contributed by atoms with Gasteiger partial charge in [0.15, 0.2) is 5.76 Å². The summed E-state index contributed by atoms with van der Waals surface area (Å²) in [5, 5.41) is 8.61. The predicted molar refractivity (Wildman–Crippen MR) is 89.9 cm³/mol. The van der Waals surface area contributed by atoms with E-state index in [1.54, 1.807) is 41.7 Å². The van der Waals surface area contributed by atoms with Crippen LogP contribution < -0.4 is 5.32 Å². The highest BCUT2D eigenvalue weighted by Gasteiger charge is 2.12. The van der Waals surface area contributed by atoms with Crippen molar-refractivity contribution in [3.63, 3.8) is 0 Å². The number of nitrogens with one attached hydrogen (secondary N) is 1. The summed E-state index contributed by atoms with van der Waals surface area (Å²) < 4.78 is 9.87. The van der Waals surface area contributed by atoms with Gasteiger partial charge in [-0.2, -0.15) is 0 Å². The van der Waals surface area contributed by atoms with Gasteiger partial charge in [0, 0.05) is 11.8 Å². The van der Waals surface area contributed by atoms with Crippen molar-refractivity contribution in [1.29, 1.82) is 0 Å². The van der Waals surface area contributed by atoms with Crippen LogP contribution in [0.1, 0.15) is 16.1 Å². The zero-order valence-electron chi connectivity index (χ0n) is 12.8. The summed E-state index contributed by atoms with van der Waals surface area (Å²) in [5.41, 5.74) is 1.57. The molecule has 0 spiro atoms. The third-order valence-electron chi connectivity index (χ3n) is 3.25. The van der Waals surface area contributed by atoms with Crippen LogP contribution >= 0.6 is 11.3 Å². The van der Waals surface area contributed by atoms with Gasteiger partial charge in [-0.25, -0.2) is 4.79 Å². The number of anilines is 1. The third kappa shape index (κ3) is 3.69. The molecule has 122 valence electrons. The lowest BCUT2D eigenvalue weighted by Crippen LogP contribution is -2.14. The lowest BCUT2D eigenvalue weighted by Gasteiger charge is -2.04. The molecule has 0 aliphatic rings. The highest BCUT2D eigenvalue weighted by atomic mass is 32.1. The van der Waals surface area contributed by atoms with Gasteiger partial charge in [-0.1, -0.05) is 11.2 Å². The number of thiophene rings is 1. The average molecular weight is 342 g/mol. The Hall–Kier alpha value is -2.93. The second-order valence-corrected chi connectivity index (χ2v) is 5.90. The minimum atomic E-state index is -0.420. The number of benzene rings is 1. The minimum absolute atomic E-state index is 0.105. The van der Waals surface area contributed by atoms with E-state index in [9.17, 15) is 9.59 Å². The molecule has 7 heteroatoms. The van der Waals surface area contributed by atoms with Crippen LogP contribution in [-0.4, -0.2) is 24.1 Å². The summed E-state index contributed by atoms with van der Waals surface area (Å²) in [6.07, 6.45) is 0.105. The van der Waals surface area contributed by atoms with E-state index in [1.807, 2.05) is 17.5 Å². The maximum Gasteiger partial charge on any atom is 0.337 e. The number of rotatable bonds is 5. The molecule has 6 nitrogen and oxygen atoms in total. The van der Waals surface area contributed by atoms with Gasteiger partial charge in [0.1, 0.15) is 0 Å². The number of hydrogen-bond donors (Lipinski definition) is 1. The summed E-state index contributed by atoms with van der Waals surface area (Å²) in [5.74, 6) is 0.0126. The molecule has 0 unspecified atom stereocenters. The number of nitrogens with zero attached hydrogens (tertiary/aromatic N) is 1. The van der Waals surface area contributed by atoms with Crippen molar-refractivity contribution in [2.24, 2.45) is 0 Å². The van der Waals surface area contributed by atoms with Gasteiger partial charge in [-0.15, -0.1) is 11.3 Å². The van der Waals surface area contributed by atoms with Crippen LogP contribution in [0.4, 0.5) is 5.69 Å². The molecule has 1 amide bonds. The maximum absolute atomic E-state index is 12.1. The number of ether oxygens (including phenoxy) is 1. The number of aromatic nitrogens is 1. The van der Waals surface area contributed by atoms with E-state index >= 15 is 0 Å². The molecule has 0 aliphatic carbocycles. The SMILES string of the molecule is COC(=O)c1ccc(NC(=O)Cc2cc(-c3cccs3)on2)cc1. The number of hydrogen-bond acceptors (Lipinski definition) is 6. The first-order valence-corrected chi connectivity index (χ1v) is 8.01. The first-order valence-electron chi connectivity index (χ1n) is 7.13. The number of esters is 1. The normalized spacial score (nSPS) is 10.4. The van der Waals surface area contributed by atoms with E-state index in [1.165, 1.54) is 7.11 Å². The van der Waals surface area contributed by atoms with Gasteiger partial charge in [0.25, 0.3) is 0 Å². The van der Waals surface area contributed by atoms with Crippen LogP contribution in [0.3, 0.4) is 0 Å². The Kier molecular flexibility index (Phi) is 4.72. The number of amides is 1. The van der Waals surface area contributed by atoms with Crippen LogP contribution in [0.5, 0.6) is 0 Å². The monoisotopic (exact) mass is 342 g/mol. The Balaban J connectivity index is 1.60. The van der Waals surface area contributed by atoms with Crippen LogP contribution in [0.15, 0.2) is 52.4 Å². The molecule has 0 saturated carbocycles. The molecular weight excluding hydrogens is 328 g/mol. The van der Waals surface area contributed by atoms with Crippen LogP contribution in [0.2, 0.25) is 0 Å². The second-order valence-electron chi connectivity index (χ2n) is 4.95. The Morgan fingerprint density at radius 1 is 1.25 bits per heavy atom. The number of carbonyl (C=O) groups is 2. The maximum atomic E-state index is 12.1. The van der Waals surface area contributed by atoms with Gasteiger partial charge in [0.05, 0.1) is 29.7 Å². The first kappa shape index (κ1) is 15.9. The Morgan fingerprint density at radius 2 is 2.04 bits per heavy atom. The molecular formula is C17H14N2O4S. The smallest absolute Gasteiger partial charge is 0.337 e. The summed E-state index contributed by atoms with van der Waals surface area (Å²) in [6.45, 7) is 0. The molecule has 3 rings (SSSR count). The molecule has 0 radical (unpaired) electrons. The van der Waals surface area contributed by atoms with Crippen molar-refractivity contribution in [3.05, 3.63) is 59.1 Å². The first-order chi connectivity index (χ1) is 11.7. The zero-order chi connectivity index (χ0) is 16.9. The van der Waals surface area contributed by atoms with E-state index in [0.29, 0.717) is 22.7 Å². The zero-order valence-corrected chi connectivity index (χ0v) is 13.6. The summed E-state index contributed by atoms with van der Waals surface area (Å²) in [4.78, 5) is 24.4. The number of methoxy groups -OCH3 is 1. The molecule has 0 atom stereocenters. The van der Waals surface area contributed by atoms with Crippen LogP contribution in [0, 0.1) is 0 Å². The number of carbonyl (C=O) groups excluding carboxylic acids is 2. The quantitative estimate of drug-likeness (QED) is 0.719. The summed E-state index contributed by atoms with van der Waals surface area (Å²) in [6, 6.07) is 12.1. The fourth-order valence-corrected chi connectivity index (χ4v) is 2.78. The van der Waals surface area contributed by atoms with Crippen molar-refractivity contribution in [1.82, 2.24) is 5.16 Å². The van der Waals surface area contributed by atoms with Gasteiger partial charge >= 0.3 is 5.97 Å².